The summed E-state index contributed by atoms with van der Waals surface area (Å²) in [5.41, 5.74) is 1.74. The maximum atomic E-state index is 11.9. The zero-order chi connectivity index (χ0) is 18.5. The molecule has 2 aromatic carbocycles. The van der Waals surface area contributed by atoms with Gasteiger partial charge < -0.3 is 10.1 Å². The number of amides is 1. The van der Waals surface area contributed by atoms with E-state index in [1.54, 1.807) is 30.5 Å². The summed E-state index contributed by atoms with van der Waals surface area (Å²) in [4.78, 5) is 11.9. The van der Waals surface area contributed by atoms with E-state index in [-0.39, 0.29) is 0 Å². The number of hydrogen-bond donors (Lipinski definition) is 1. The van der Waals surface area contributed by atoms with E-state index in [2.05, 4.69) is 10.4 Å². The van der Waals surface area contributed by atoms with E-state index < -0.39 is 6.09 Å². The summed E-state index contributed by atoms with van der Waals surface area (Å²) in [6.07, 6.45) is 3.12. The van der Waals surface area contributed by atoms with Crippen LogP contribution in [0.15, 0.2) is 54.9 Å². The molecule has 3 aromatic rings. The molecule has 0 atom stereocenters. The number of aromatic nitrogens is 2. The molecule has 0 saturated heterocycles. The Labute approximate surface area is 165 Å². The minimum Gasteiger partial charge on any atom is -0.407 e. The molecule has 1 N–H and O–H groups in total. The number of rotatable bonds is 5. The maximum absolute atomic E-state index is 11.9. The number of nitrogens with zero attached hydrogens (tertiary/aromatic N) is 2. The molecule has 0 fully saturated rings. The minimum absolute atomic E-state index is 0.316. The molecule has 26 heavy (non-hydrogen) atoms. The van der Waals surface area contributed by atoms with Gasteiger partial charge in [-0.25, -0.2) is 9.48 Å². The molecule has 0 radical (unpaired) electrons. The fourth-order valence-corrected chi connectivity index (χ4v) is 2.78. The molecule has 0 aliphatic carbocycles. The van der Waals surface area contributed by atoms with Crippen LogP contribution in [0, 0.1) is 0 Å². The fourth-order valence-electron chi connectivity index (χ4n) is 2.27. The van der Waals surface area contributed by atoms with Crippen molar-refractivity contribution >= 4 is 40.9 Å². The lowest BCUT2D eigenvalue weighted by atomic mass is 10.1. The SMILES string of the molecule is O=C(NCCc1cccc(Cl)c1)Oc1cnn(-c2ccc(Cl)c(Cl)c2)c1. The Bertz CT molecular complexity index is 928. The molecular formula is C18H14Cl3N3O2. The third-order valence-corrected chi connectivity index (χ3v) is 4.48. The Hall–Kier alpha value is -2.21. The van der Waals surface area contributed by atoms with Gasteiger partial charge in [0.05, 0.1) is 28.1 Å². The predicted molar refractivity (Wildman–Crippen MR) is 103 cm³/mol. The van der Waals surface area contributed by atoms with Crippen molar-refractivity contribution in [1.82, 2.24) is 15.1 Å². The number of benzene rings is 2. The smallest absolute Gasteiger partial charge is 0.407 e. The Morgan fingerprint density at radius 1 is 1.12 bits per heavy atom. The second-order valence-corrected chi connectivity index (χ2v) is 6.67. The molecule has 134 valence electrons. The summed E-state index contributed by atoms with van der Waals surface area (Å²) in [6.45, 7) is 0.431. The standard InChI is InChI=1S/C18H14Cl3N3O2/c19-13-3-1-2-12(8-13)6-7-22-18(25)26-15-10-23-24(11-15)14-4-5-16(20)17(21)9-14/h1-5,8-11H,6-7H2,(H,22,25). The van der Waals surface area contributed by atoms with Crippen LogP contribution in [0.4, 0.5) is 4.79 Å². The van der Waals surface area contributed by atoms with Crippen molar-refractivity contribution in [3.63, 3.8) is 0 Å². The predicted octanol–water partition coefficient (Wildman–Crippen LogP) is 5.16. The van der Waals surface area contributed by atoms with Crippen LogP contribution in [0.2, 0.25) is 15.1 Å². The average molecular weight is 411 g/mol. The van der Waals surface area contributed by atoms with Crippen molar-refractivity contribution in [2.24, 2.45) is 0 Å². The van der Waals surface area contributed by atoms with Crippen LogP contribution < -0.4 is 10.1 Å². The van der Waals surface area contributed by atoms with Gasteiger partial charge in [0.25, 0.3) is 0 Å². The minimum atomic E-state index is -0.555. The molecule has 8 heteroatoms. The third-order valence-electron chi connectivity index (χ3n) is 3.51. The number of halogens is 3. The average Bonchev–Trinajstić information content (AvgIpc) is 3.06. The van der Waals surface area contributed by atoms with Crippen molar-refractivity contribution in [1.29, 1.82) is 0 Å². The number of nitrogens with one attached hydrogen (secondary N) is 1. The largest absolute Gasteiger partial charge is 0.412 e. The van der Waals surface area contributed by atoms with Gasteiger partial charge in [-0.3, -0.25) is 0 Å². The number of ether oxygens (including phenoxy) is 1. The number of hydrogen-bond acceptors (Lipinski definition) is 3. The van der Waals surface area contributed by atoms with Gasteiger partial charge in [-0.15, -0.1) is 0 Å². The van der Waals surface area contributed by atoms with E-state index in [4.69, 9.17) is 39.5 Å². The Balaban J connectivity index is 1.53. The van der Waals surface area contributed by atoms with E-state index in [9.17, 15) is 4.79 Å². The normalized spacial score (nSPS) is 10.6. The molecule has 0 aliphatic rings. The van der Waals surface area contributed by atoms with Gasteiger partial charge in [-0.2, -0.15) is 5.10 Å². The lowest BCUT2D eigenvalue weighted by Crippen LogP contribution is -2.28. The Kier molecular flexibility index (Phi) is 6.04. The highest BCUT2D eigenvalue weighted by Crippen LogP contribution is 2.25. The lowest BCUT2D eigenvalue weighted by Gasteiger charge is -2.05. The summed E-state index contributed by atoms with van der Waals surface area (Å²) in [6, 6.07) is 12.6. The fraction of sp³-hybridized carbons (Fsp3) is 0.111. The van der Waals surface area contributed by atoms with Crippen LogP contribution in [-0.2, 0) is 6.42 Å². The summed E-state index contributed by atoms with van der Waals surface area (Å²) in [5, 5.41) is 8.37. The molecule has 0 aliphatic heterocycles. The lowest BCUT2D eigenvalue weighted by molar-refractivity contribution is 0.200. The monoisotopic (exact) mass is 409 g/mol. The third kappa shape index (κ3) is 4.91. The highest BCUT2D eigenvalue weighted by atomic mass is 35.5. The van der Waals surface area contributed by atoms with Crippen LogP contribution in [0.3, 0.4) is 0 Å². The van der Waals surface area contributed by atoms with Gasteiger partial charge in [0, 0.05) is 11.6 Å². The molecule has 1 heterocycles. The van der Waals surface area contributed by atoms with E-state index in [1.807, 2.05) is 18.2 Å². The van der Waals surface area contributed by atoms with Crippen molar-refractivity contribution in [3.05, 3.63) is 75.5 Å². The Morgan fingerprint density at radius 2 is 1.96 bits per heavy atom. The molecular weight excluding hydrogens is 397 g/mol. The molecule has 3 rings (SSSR count). The van der Waals surface area contributed by atoms with Gasteiger partial charge in [0.15, 0.2) is 5.75 Å². The molecule has 1 amide bonds. The quantitative estimate of drug-likeness (QED) is 0.632. The highest BCUT2D eigenvalue weighted by Gasteiger charge is 2.08. The second kappa shape index (κ2) is 8.45. The maximum Gasteiger partial charge on any atom is 0.412 e. The molecule has 0 spiro atoms. The van der Waals surface area contributed by atoms with Crippen LogP contribution in [-0.4, -0.2) is 22.4 Å². The first-order valence-electron chi connectivity index (χ1n) is 7.71. The summed E-state index contributed by atoms with van der Waals surface area (Å²) in [7, 11) is 0. The van der Waals surface area contributed by atoms with E-state index in [1.165, 1.54) is 10.9 Å². The van der Waals surface area contributed by atoms with Gasteiger partial charge >= 0.3 is 6.09 Å². The van der Waals surface area contributed by atoms with Gasteiger partial charge in [0.1, 0.15) is 0 Å². The van der Waals surface area contributed by atoms with Crippen molar-refractivity contribution in [2.75, 3.05) is 6.54 Å². The first kappa shape index (κ1) is 18.6. The van der Waals surface area contributed by atoms with Gasteiger partial charge in [-0.1, -0.05) is 46.9 Å². The second-order valence-electron chi connectivity index (χ2n) is 5.42. The van der Waals surface area contributed by atoms with Crippen LogP contribution in [0.1, 0.15) is 5.56 Å². The first-order chi connectivity index (χ1) is 12.5. The summed E-state index contributed by atoms with van der Waals surface area (Å²) < 4.78 is 6.75. The molecule has 5 nitrogen and oxygen atoms in total. The molecule has 0 bridgehead atoms. The van der Waals surface area contributed by atoms with Gasteiger partial charge in [-0.05, 0) is 42.3 Å². The number of carbonyl (C=O) groups excluding carboxylic acids is 1. The molecule has 0 unspecified atom stereocenters. The van der Waals surface area contributed by atoms with Crippen molar-refractivity contribution < 1.29 is 9.53 Å². The summed E-state index contributed by atoms with van der Waals surface area (Å²) >= 11 is 17.8. The zero-order valence-corrected chi connectivity index (χ0v) is 15.7. The molecule has 0 saturated carbocycles. The van der Waals surface area contributed by atoms with E-state index in [0.29, 0.717) is 39.5 Å². The van der Waals surface area contributed by atoms with Gasteiger partial charge in [0.2, 0.25) is 0 Å². The number of carbonyl (C=O) groups is 1. The highest BCUT2D eigenvalue weighted by molar-refractivity contribution is 6.42. The van der Waals surface area contributed by atoms with Crippen LogP contribution >= 0.6 is 34.8 Å². The van der Waals surface area contributed by atoms with Crippen LogP contribution in [0.5, 0.6) is 5.75 Å². The molecule has 1 aromatic heterocycles. The zero-order valence-electron chi connectivity index (χ0n) is 13.5. The topological polar surface area (TPSA) is 56.1 Å². The van der Waals surface area contributed by atoms with Crippen molar-refractivity contribution in [3.8, 4) is 11.4 Å². The van der Waals surface area contributed by atoms with Crippen LogP contribution in [0.25, 0.3) is 5.69 Å². The van der Waals surface area contributed by atoms with E-state index >= 15 is 0 Å². The first-order valence-corrected chi connectivity index (χ1v) is 8.85. The van der Waals surface area contributed by atoms with Crippen molar-refractivity contribution in [2.45, 2.75) is 6.42 Å². The summed E-state index contributed by atoms with van der Waals surface area (Å²) in [5.74, 6) is 0.316. The Morgan fingerprint density at radius 3 is 2.73 bits per heavy atom. The van der Waals surface area contributed by atoms with E-state index in [0.717, 1.165) is 5.56 Å².